The number of nitrogens with one attached hydrogen (secondary N) is 1. The highest BCUT2D eigenvalue weighted by Gasteiger charge is 2.04. The number of benzene rings is 2. The molecular formula is C19H21FN2O2. The Morgan fingerprint density at radius 1 is 1.29 bits per heavy atom. The number of hydrogen-bond donors (Lipinski definition) is 2. The van der Waals surface area contributed by atoms with Crippen molar-refractivity contribution in [2.45, 2.75) is 13.8 Å². The second-order valence-corrected chi connectivity index (χ2v) is 5.80. The molecule has 1 amide bonds. The van der Waals surface area contributed by atoms with Gasteiger partial charge in [0.1, 0.15) is 11.6 Å². The molecule has 0 heterocycles. The summed E-state index contributed by atoms with van der Waals surface area (Å²) in [4.78, 5) is 11.8. The lowest BCUT2D eigenvalue weighted by Gasteiger charge is -2.11. The van der Waals surface area contributed by atoms with Crippen LogP contribution in [-0.4, -0.2) is 12.5 Å². The zero-order chi connectivity index (χ0) is 17.5. The minimum Gasteiger partial charge on any atom is -0.491 e. The van der Waals surface area contributed by atoms with E-state index in [0.29, 0.717) is 24.0 Å². The van der Waals surface area contributed by atoms with Gasteiger partial charge >= 0.3 is 0 Å². The summed E-state index contributed by atoms with van der Waals surface area (Å²) in [5.74, 6) is 0.136. The van der Waals surface area contributed by atoms with Crippen LogP contribution in [-0.2, 0) is 4.79 Å². The summed E-state index contributed by atoms with van der Waals surface area (Å²) in [6, 6.07) is 11.3. The number of nitrogen functional groups attached to an aromatic ring is 1. The lowest BCUT2D eigenvalue weighted by Crippen LogP contribution is -2.09. The molecule has 0 spiro atoms. The predicted molar refractivity (Wildman–Crippen MR) is 95.3 cm³/mol. The third kappa shape index (κ3) is 5.12. The summed E-state index contributed by atoms with van der Waals surface area (Å²) in [5, 5.41) is 2.48. The van der Waals surface area contributed by atoms with Crippen molar-refractivity contribution < 1.29 is 13.9 Å². The highest BCUT2D eigenvalue weighted by molar-refractivity contribution is 6.02. The van der Waals surface area contributed by atoms with Crippen molar-refractivity contribution in [3.05, 3.63) is 59.9 Å². The molecule has 0 aliphatic carbocycles. The summed E-state index contributed by atoms with van der Waals surface area (Å²) in [5.41, 5.74) is 7.36. The quantitative estimate of drug-likeness (QED) is 0.620. The largest absolute Gasteiger partial charge is 0.491 e. The van der Waals surface area contributed by atoms with E-state index >= 15 is 0 Å². The van der Waals surface area contributed by atoms with E-state index in [2.05, 4.69) is 19.2 Å². The Morgan fingerprint density at radius 3 is 2.71 bits per heavy atom. The zero-order valence-corrected chi connectivity index (χ0v) is 13.8. The average Bonchev–Trinajstić information content (AvgIpc) is 2.54. The number of halogens is 1. The minimum atomic E-state index is -0.477. The molecule has 0 atom stereocenters. The van der Waals surface area contributed by atoms with Crippen LogP contribution in [0.25, 0.3) is 6.08 Å². The molecule has 0 bridgehead atoms. The molecule has 0 aliphatic heterocycles. The number of hydrogen-bond acceptors (Lipinski definition) is 3. The smallest absolute Gasteiger partial charge is 0.248 e. The van der Waals surface area contributed by atoms with E-state index in [1.165, 1.54) is 18.2 Å². The molecule has 2 aromatic carbocycles. The van der Waals surface area contributed by atoms with Crippen LogP contribution in [0.3, 0.4) is 0 Å². The Labute approximate surface area is 141 Å². The van der Waals surface area contributed by atoms with Crippen molar-refractivity contribution in [3.8, 4) is 5.75 Å². The summed E-state index contributed by atoms with van der Waals surface area (Å²) < 4.78 is 19.1. The molecule has 2 aromatic rings. The maximum absolute atomic E-state index is 13.5. The van der Waals surface area contributed by atoms with Crippen LogP contribution in [0.4, 0.5) is 15.8 Å². The van der Waals surface area contributed by atoms with Gasteiger partial charge in [-0.05, 0) is 41.8 Å². The number of carbonyl (C=O) groups excluding carboxylic acids is 1. The first kappa shape index (κ1) is 17.5. The molecule has 5 heteroatoms. The number of ether oxygens (including phenoxy) is 1. The molecule has 24 heavy (non-hydrogen) atoms. The molecule has 0 radical (unpaired) electrons. The maximum atomic E-state index is 13.5. The second-order valence-electron chi connectivity index (χ2n) is 5.80. The first-order chi connectivity index (χ1) is 11.5. The maximum Gasteiger partial charge on any atom is 0.248 e. The van der Waals surface area contributed by atoms with Gasteiger partial charge in [-0.15, -0.1) is 0 Å². The lowest BCUT2D eigenvalue weighted by molar-refractivity contribution is -0.111. The standard InChI is InChI=1S/C19H21FN2O2/c1-13(2)12-24-18-9-7-14(11-16(18)21)8-10-19(23)22-17-6-4-3-5-15(17)20/h3-11,13H,12,21H2,1-2H3,(H,22,23)/b10-8-. The minimum absolute atomic E-state index is 0.143. The van der Waals surface area contributed by atoms with Gasteiger partial charge in [0, 0.05) is 6.08 Å². The third-order valence-corrected chi connectivity index (χ3v) is 3.16. The van der Waals surface area contributed by atoms with Gasteiger partial charge in [0.25, 0.3) is 0 Å². The number of amides is 1. The molecular weight excluding hydrogens is 307 g/mol. The van der Waals surface area contributed by atoms with Crippen LogP contribution in [0.1, 0.15) is 19.4 Å². The van der Waals surface area contributed by atoms with Crippen LogP contribution in [0, 0.1) is 11.7 Å². The van der Waals surface area contributed by atoms with Crippen LogP contribution >= 0.6 is 0 Å². The molecule has 0 unspecified atom stereocenters. The van der Waals surface area contributed by atoms with E-state index in [0.717, 1.165) is 5.56 Å². The van der Waals surface area contributed by atoms with Crippen molar-refractivity contribution in [3.63, 3.8) is 0 Å². The van der Waals surface area contributed by atoms with Crippen molar-refractivity contribution in [1.29, 1.82) is 0 Å². The molecule has 2 rings (SSSR count). The van der Waals surface area contributed by atoms with Gasteiger partial charge < -0.3 is 15.8 Å². The number of para-hydroxylation sites is 1. The Balaban J connectivity index is 2.00. The Hall–Kier alpha value is -2.82. The molecule has 126 valence electrons. The fourth-order valence-electron chi connectivity index (χ4n) is 1.97. The topological polar surface area (TPSA) is 64.3 Å². The number of anilines is 2. The Kier molecular flexibility index (Phi) is 5.95. The van der Waals surface area contributed by atoms with Gasteiger partial charge in [0.2, 0.25) is 5.91 Å². The molecule has 3 N–H and O–H groups in total. The Bertz CT molecular complexity index is 742. The summed E-state index contributed by atoms with van der Waals surface area (Å²) >= 11 is 0. The average molecular weight is 328 g/mol. The fourth-order valence-corrected chi connectivity index (χ4v) is 1.97. The summed E-state index contributed by atoms with van der Waals surface area (Å²) in [6.45, 7) is 4.70. The first-order valence-corrected chi connectivity index (χ1v) is 7.71. The number of carbonyl (C=O) groups is 1. The normalized spacial score (nSPS) is 11.0. The van der Waals surface area contributed by atoms with Gasteiger partial charge in [0.05, 0.1) is 18.0 Å². The lowest BCUT2D eigenvalue weighted by atomic mass is 10.1. The SMILES string of the molecule is CC(C)COc1ccc(/C=C\C(=O)Nc2ccccc2F)cc1N. The van der Waals surface area contributed by atoms with Gasteiger partial charge in [-0.2, -0.15) is 0 Å². The molecule has 0 fully saturated rings. The molecule has 0 saturated carbocycles. The summed E-state index contributed by atoms with van der Waals surface area (Å²) in [6.07, 6.45) is 2.94. The highest BCUT2D eigenvalue weighted by atomic mass is 19.1. The van der Waals surface area contributed by atoms with Crippen LogP contribution in [0.2, 0.25) is 0 Å². The van der Waals surface area contributed by atoms with Crippen molar-refractivity contribution >= 4 is 23.4 Å². The highest BCUT2D eigenvalue weighted by Crippen LogP contribution is 2.23. The predicted octanol–water partition coefficient (Wildman–Crippen LogP) is 4.09. The van der Waals surface area contributed by atoms with E-state index in [4.69, 9.17) is 10.5 Å². The van der Waals surface area contributed by atoms with Crippen LogP contribution in [0.15, 0.2) is 48.5 Å². The number of rotatable bonds is 6. The van der Waals surface area contributed by atoms with Crippen LogP contribution in [0.5, 0.6) is 5.75 Å². The molecule has 4 nitrogen and oxygen atoms in total. The summed E-state index contributed by atoms with van der Waals surface area (Å²) in [7, 11) is 0. The zero-order valence-electron chi connectivity index (χ0n) is 13.8. The van der Waals surface area contributed by atoms with E-state index in [-0.39, 0.29) is 5.69 Å². The van der Waals surface area contributed by atoms with E-state index in [9.17, 15) is 9.18 Å². The second kappa shape index (κ2) is 8.15. The van der Waals surface area contributed by atoms with E-state index in [1.54, 1.807) is 36.4 Å². The van der Waals surface area contributed by atoms with Crippen molar-refractivity contribution in [1.82, 2.24) is 0 Å². The molecule has 0 aromatic heterocycles. The van der Waals surface area contributed by atoms with Gasteiger partial charge in [0.15, 0.2) is 0 Å². The fraction of sp³-hybridized carbons (Fsp3) is 0.211. The number of nitrogens with two attached hydrogens (primary N) is 1. The van der Waals surface area contributed by atoms with Crippen molar-refractivity contribution in [2.75, 3.05) is 17.7 Å². The van der Waals surface area contributed by atoms with Gasteiger partial charge in [-0.3, -0.25) is 4.79 Å². The Morgan fingerprint density at radius 2 is 2.04 bits per heavy atom. The van der Waals surface area contributed by atoms with E-state index < -0.39 is 11.7 Å². The van der Waals surface area contributed by atoms with E-state index in [1.807, 2.05) is 0 Å². The monoisotopic (exact) mass is 328 g/mol. The third-order valence-electron chi connectivity index (χ3n) is 3.16. The molecule has 0 saturated heterocycles. The van der Waals surface area contributed by atoms with Crippen LogP contribution < -0.4 is 15.8 Å². The van der Waals surface area contributed by atoms with Gasteiger partial charge in [-0.25, -0.2) is 4.39 Å². The van der Waals surface area contributed by atoms with Gasteiger partial charge in [-0.1, -0.05) is 32.0 Å². The molecule has 0 aliphatic rings. The van der Waals surface area contributed by atoms with Crippen molar-refractivity contribution in [2.24, 2.45) is 5.92 Å². The first-order valence-electron chi connectivity index (χ1n) is 7.71.